The van der Waals surface area contributed by atoms with Crippen molar-refractivity contribution in [3.05, 3.63) is 18.0 Å². The van der Waals surface area contributed by atoms with E-state index in [-0.39, 0.29) is 6.61 Å². The van der Waals surface area contributed by atoms with Crippen molar-refractivity contribution in [3.8, 4) is 0 Å². The minimum Gasteiger partial charge on any atom is -0.394 e. The van der Waals surface area contributed by atoms with E-state index in [2.05, 4.69) is 10.4 Å². The Labute approximate surface area is 108 Å². The second kappa shape index (κ2) is 10.0. The lowest BCUT2D eigenvalue weighted by atomic mass is 10.3. The Morgan fingerprint density at radius 1 is 1.39 bits per heavy atom. The van der Waals surface area contributed by atoms with Gasteiger partial charge in [0.25, 0.3) is 0 Å². The number of aromatic nitrogens is 2. The second-order valence-electron chi connectivity index (χ2n) is 3.97. The average Bonchev–Trinajstić information content (AvgIpc) is 2.81. The van der Waals surface area contributed by atoms with Crippen LogP contribution in [0.5, 0.6) is 0 Å². The summed E-state index contributed by atoms with van der Waals surface area (Å²) in [5.74, 6) is 0. The van der Waals surface area contributed by atoms with E-state index >= 15 is 0 Å². The molecule has 18 heavy (non-hydrogen) atoms. The van der Waals surface area contributed by atoms with Crippen LogP contribution in [0.15, 0.2) is 12.4 Å². The third-order valence-corrected chi connectivity index (χ3v) is 2.42. The highest BCUT2D eigenvalue weighted by atomic mass is 16.5. The van der Waals surface area contributed by atoms with Crippen LogP contribution in [0.3, 0.4) is 0 Å². The van der Waals surface area contributed by atoms with Gasteiger partial charge in [-0.2, -0.15) is 5.10 Å². The molecule has 0 radical (unpaired) electrons. The molecule has 0 saturated heterocycles. The molecule has 0 aliphatic rings. The zero-order valence-electron chi connectivity index (χ0n) is 11.0. The molecule has 1 aromatic heterocycles. The van der Waals surface area contributed by atoms with Gasteiger partial charge in [-0.3, -0.25) is 4.68 Å². The predicted octanol–water partition coefficient (Wildman–Crippen LogP) is 0.0181. The summed E-state index contributed by atoms with van der Waals surface area (Å²) in [5, 5.41) is 16.2. The smallest absolute Gasteiger partial charge is 0.0700 e. The van der Waals surface area contributed by atoms with Gasteiger partial charge < -0.3 is 19.9 Å². The number of hydrogen-bond donors (Lipinski definition) is 2. The fourth-order valence-electron chi connectivity index (χ4n) is 1.50. The van der Waals surface area contributed by atoms with Gasteiger partial charge in [0.05, 0.1) is 32.6 Å². The Kier molecular flexibility index (Phi) is 8.41. The van der Waals surface area contributed by atoms with Gasteiger partial charge in [0.15, 0.2) is 0 Å². The Hall–Kier alpha value is -0.950. The van der Waals surface area contributed by atoms with E-state index in [0.29, 0.717) is 19.8 Å². The third kappa shape index (κ3) is 6.70. The van der Waals surface area contributed by atoms with Crippen LogP contribution < -0.4 is 5.32 Å². The van der Waals surface area contributed by atoms with E-state index in [1.807, 2.05) is 12.4 Å². The molecule has 0 amide bonds. The van der Waals surface area contributed by atoms with E-state index in [1.165, 1.54) is 0 Å². The maximum Gasteiger partial charge on any atom is 0.0700 e. The summed E-state index contributed by atoms with van der Waals surface area (Å²) in [6.07, 6.45) is 4.74. The Balaban J connectivity index is 1.96. The zero-order valence-corrected chi connectivity index (χ0v) is 11.0. The zero-order chi connectivity index (χ0) is 13.1. The lowest BCUT2D eigenvalue weighted by molar-refractivity contribution is 0.0695. The topological polar surface area (TPSA) is 68.5 Å². The Morgan fingerprint density at radius 3 is 3.06 bits per heavy atom. The van der Waals surface area contributed by atoms with Crippen molar-refractivity contribution >= 4 is 0 Å². The number of nitrogens with zero attached hydrogens (tertiary/aromatic N) is 2. The van der Waals surface area contributed by atoms with Crippen molar-refractivity contribution < 1.29 is 14.6 Å². The van der Waals surface area contributed by atoms with E-state index < -0.39 is 0 Å². The molecule has 0 atom stereocenters. The van der Waals surface area contributed by atoms with Gasteiger partial charge in [0, 0.05) is 32.0 Å². The highest BCUT2D eigenvalue weighted by Crippen LogP contribution is 1.96. The van der Waals surface area contributed by atoms with Crippen molar-refractivity contribution in [2.24, 2.45) is 0 Å². The van der Waals surface area contributed by atoms with Crippen LogP contribution in [0.1, 0.15) is 12.0 Å². The molecule has 0 aromatic carbocycles. The summed E-state index contributed by atoms with van der Waals surface area (Å²) in [5.41, 5.74) is 1.13. The largest absolute Gasteiger partial charge is 0.394 e. The third-order valence-electron chi connectivity index (χ3n) is 2.42. The van der Waals surface area contributed by atoms with Gasteiger partial charge in [-0.15, -0.1) is 0 Å². The first-order chi connectivity index (χ1) is 8.86. The van der Waals surface area contributed by atoms with Crippen LogP contribution >= 0.6 is 0 Å². The number of ether oxygens (including phenoxy) is 2. The summed E-state index contributed by atoms with van der Waals surface area (Å²) in [4.78, 5) is 0. The SMILES string of the molecule is COCCOCCCNCc1cnn(CCO)c1. The van der Waals surface area contributed by atoms with Crippen molar-refractivity contribution in [3.63, 3.8) is 0 Å². The maximum absolute atomic E-state index is 8.76. The van der Waals surface area contributed by atoms with Gasteiger partial charge in [0.1, 0.15) is 0 Å². The fraction of sp³-hybridized carbons (Fsp3) is 0.750. The van der Waals surface area contributed by atoms with E-state index in [0.717, 1.165) is 31.7 Å². The van der Waals surface area contributed by atoms with Gasteiger partial charge in [0.2, 0.25) is 0 Å². The molecular weight excluding hydrogens is 234 g/mol. The maximum atomic E-state index is 8.76. The van der Waals surface area contributed by atoms with Crippen LogP contribution in [-0.4, -0.2) is 55.0 Å². The molecule has 0 saturated carbocycles. The van der Waals surface area contributed by atoms with Crippen molar-refractivity contribution in [2.45, 2.75) is 19.5 Å². The molecule has 1 rings (SSSR count). The minimum atomic E-state index is 0.118. The molecule has 104 valence electrons. The number of nitrogens with one attached hydrogen (secondary N) is 1. The predicted molar refractivity (Wildman–Crippen MR) is 68.3 cm³/mol. The average molecular weight is 257 g/mol. The monoisotopic (exact) mass is 257 g/mol. The normalized spacial score (nSPS) is 11.0. The van der Waals surface area contributed by atoms with E-state index in [9.17, 15) is 0 Å². The molecule has 0 unspecified atom stereocenters. The van der Waals surface area contributed by atoms with E-state index in [1.54, 1.807) is 11.8 Å². The molecule has 1 aromatic rings. The quantitative estimate of drug-likeness (QED) is 0.547. The number of aliphatic hydroxyl groups is 1. The molecule has 2 N–H and O–H groups in total. The number of methoxy groups -OCH3 is 1. The van der Waals surface area contributed by atoms with Crippen molar-refractivity contribution in [1.29, 1.82) is 0 Å². The molecule has 6 heteroatoms. The first-order valence-corrected chi connectivity index (χ1v) is 6.26. The van der Waals surface area contributed by atoms with Crippen LogP contribution in [0.25, 0.3) is 0 Å². The Morgan fingerprint density at radius 2 is 2.28 bits per heavy atom. The fourth-order valence-corrected chi connectivity index (χ4v) is 1.50. The molecule has 6 nitrogen and oxygen atoms in total. The summed E-state index contributed by atoms with van der Waals surface area (Å²) in [6.45, 7) is 4.43. The van der Waals surface area contributed by atoms with Gasteiger partial charge in [-0.05, 0) is 13.0 Å². The van der Waals surface area contributed by atoms with E-state index in [4.69, 9.17) is 14.6 Å². The molecule has 0 spiro atoms. The summed E-state index contributed by atoms with van der Waals surface area (Å²) in [6, 6.07) is 0. The van der Waals surface area contributed by atoms with Gasteiger partial charge in [-0.25, -0.2) is 0 Å². The molecule has 0 aliphatic carbocycles. The molecular formula is C12H23N3O3. The second-order valence-corrected chi connectivity index (χ2v) is 3.97. The molecule has 0 bridgehead atoms. The summed E-state index contributed by atoms with van der Waals surface area (Å²) < 4.78 is 12.0. The number of aliphatic hydroxyl groups excluding tert-OH is 1. The first kappa shape index (κ1) is 15.1. The van der Waals surface area contributed by atoms with Crippen molar-refractivity contribution in [2.75, 3.05) is 40.1 Å². The van der Waals surface area contributed by atoms with Crippen molar-refractivity contribution in [1.82, 2.24) is 15.1 Å². The number of rotatable bonds is 11. The lowest BCUT2D eigenvalue weighted by Gasteiger charge is -2.04. The summed E-state index contributed by atoms with van der Waals surface area (Å²) in [7, 11) is 1.67. The highest BCUT2D eigenvalue weighted by molar-refractivity contribution is 5.03. The van der Waals surface area contributed by atoms with Crippen LogP contribution in [0, 0.1) is 0 Å². The van der Waals surface area contributed by atoms with Crippen LogP contribution in [0.2, 0.25) is 0 Å². The standard InChI is InChI=1S/C12H23N3O3/c1-17-7-8-18-6-2-3-13-9-12-10-14-15(11-12)4-5-16/h10-11,13,16H,2-9H2,1H3. The molecule has 0 aliphatic heterocycles. The number of hydrogen-bond acceptors (Lipinski definition) is 5. The summed E-state index contributed by atoms with van der Waals surface area (Å²) >= 11 is 0. The highest BCUT2D eigenvalue weighted by Gasteiger charge is 1.97. The van der Waals surface area contributed by atoms with Crippen LogP contribution in [-0.2, 0) is 22.6 Å². The Bertz CT molecular complexity index is 305. The minimum absolute atomic E-state index is 0.118. The lowest BCUT2D eigenvalue weighted by Crippen LogP contribution is -2.16. The molecule has 0 fully saturated rings. The van der Waals surface area contributed by atoms with Gasteiger partial charge in [-0.1, -0.05) is 0 Å². The van der Waals surface area contributed by atoms with Gasteiger partial charge >= 0.3 is 0 Å². The van der Waals surface area contributed by atoms with Crippen LogP contribution in [0.4, 0.5) is 0 Å². The molecule has 1 heterocycles. The first-order valence-electron chi connectivity index (χ1n) is 6.26.